The van der Waals surface area contributed by atoms with Crippen LogP contribution < -0.4 is 0 Å². The number of aryl methyl sites for hydroxylation is 1. The van der Waals surface area contributed by atoms with Crippen LogP contribution in [-0.4, -0.2) is 4.57 Å². The normalized spacial score (nSPS) is 11.3. The molecule has 27 heavy (non-hydrogen) atoms. The van der Waals surface area contributed by atoms with Crippen molar-refractivity contribution in [1.29, 1.82) is 0 Å². The van der Waals surface area contributed by atoms with Gasteiger partial charge >= 0.3 is 0 Å². The van der Waals surface area contributed by atoms with Crippen molar-refractivity contribution < 1.29 is 0 Å². The number of hydrogen-bond donors (Lipinski definition) is 0. The Morgan fingerprint density at radius 1 is 0.630 bits per heavy atom. The molecule has 0 radical (unpaired) electrons. The van der Waals surface area contributed by atoms with Crippen molar-refractivity contribution in [3.8, 4) is 16.8 Å². The highest BCUT2D eigenvalue weighted by molar-refractivity contribution is 6.10. The van der Waals surface area contributed by atoms with Gasteiger partial charge in [0.2, 0.25) is 0 Å². The predicted octanol–water partition coefficient (Wildman–Crippen LogP) is 7.01. The summed E-state index contributed by atoms with van der Waals surface area (Å²) < 4.78 is 2.41. The summed E-state index contributed by atoms with van der Waals surface area (Å²) >= 11 is 0. The molecule has 0 saturated heterocycles. The maximum absolute atomic E-state index is 2.41. The third-order valence-corrected chi connectivity index (χ3v) is 5.37. The topological polar surface area (TPSA) is 4.93 Å². The lowest BCUT2D eigenvalue weighted by molar-refractivity contribution is 1.14. The van der Waals surface area contributed by atoms with Gasteiger partial charge in [0.25, 0.3) is 0 Å². The smallest absolute Gasteiger partial charge is 0.0541 e. The van der Waals surface area contributed by atoms with Crippen LogP contribution in [0, 0.1) is 0 Å². The van der Waals surface area contributed by atoms with Gasteiger partial charge < -0.3 is 4.57 Å². The fourth-order valence-corrected chi connectivity index (χ4v) is 4.03. The fourth-order valence-electron chi connectivity index (χ4n) is 4.03. The standard InChI is InChI=1S/C26H21N/c1-2-19-16-17-26-23(18-19)22-13-7-9-15-25(22)27(26)24-14-8-6-12-21(24)20-10-4-3-5-11-20/h3-18H,2H2,1H3. The van der Waals surface area contributed by atoms with Crippen LogP contribution in [0.4, 0.5) is 0 Å². The van der Waals surface area contributed by atoms with Gasteiger partial charge in [-0.05, 0) is 41.8 Å². The summed E-state index contributed by atoms with van der Waals surface area (Å²) in [6, 6.07) is 34.9. The van der Waals surface area contributed by atoms with Crippen molar-refractivity contribution in [2.24, 2.45) is 0 Å². The number of benzene rings is 4. The molecular formula is C26H21N. The molecule has 0 saturated carbocycles. The predicted molar refractivity (Wildman–Crippen MR) is 116 cm³/mol. The molecule has 0 unspecified atom stereocenters. The Kier molecular flexibility index (Phi) is 3.79. The van der Waals surface area contributed by atoms with E-state index in [1.165, 1.54) is 44.2 Å². The van der Waals surface area contributed by atoms with Gasteiger partial charge in [0, 0.05) is 16.3 Å². The van der Waals surface area contributed by atoms with Crippen LogP contribution in [0.3, 0.4) is 0 Å². The van der Waals surface area contributed by atoms with E-state index >= 15 is 0 Å². The maximum atomic E-state index is 2.41. The van der Waals surface area contributed by atoms with Crippen molar-refractivity contribution in [2.45, 2.75) is 13.3 Å². The van der Waals surface area contributed by atoms with Gasteiger partial charge in [0.05, 0.1) is 16.7 Å². The largest absolute Gasteiger partial charge is 0.309 e. The summed E-state index contributed by atoms with van der Waals surface area (Å²) in [7, 11) is 0. The number of rotatable bonds is 3. The number of fused-ring (bicyclic) bond motifs is 3. The molecule has 0 spiro atoms. The first-order chi connectivity index (χ1) is 13.4. The molecule has 0 aliphatic carbocycles. The fraction of sp³-hybridized carbons (Fsp3) is 0.0769. The Morgan fingerprint density at radius 2 is 1.33 bits per heavy atom. The highest BCUT2D eigenvalue weighted by Gasteiger charge is 2.15. The van der Waals surface area contributed by atoms with Gasteiger partial charge in [-0.15, -0.1) is 0 Å². The lowest BCUT2D eigenvalue weighted by Crippen LogP contribution is -1.97. The number of aromatic nitrogens is 1. The van der Waals surface area contributed by atoms with Crippen molar-refractivity contribution in [3.05, 3.63) is 103 Å². The van der Waals surface area contributed by atoms with Crippen LogP contribution in [0.25, 0.3) is 38.6 Å². The van der Waals surface area contributed by atoms with E-state index in [0.29, 0.717) is 0 Å². The molecule has 0 N–H and O–H groups in total. The molecule has 5 aromatic rings. The first-order valence-corrected chi connectivity index (χ1v) is 9.53. The van der Waals surface area contributed by atoms with Gasteiger partial charge in [-0.1, -0.05) is 79.7 Å². The van der Waals surface area contributed by atoms with Crippen molar-refractivity contribution in [1.82, 2.24) is 4.57 Å². The summed E-state index contributed by atoms with van der Waals surface area (Å²) in [5, 5.41) is 2.64. The molecule has 1 heterocycles. The van der Waals surface area contributed by atoms with Crippen molar-refractivity contribution >= 4 is 21.8 Å². The van der Waals surface area contributed by atoms with Gasteiger partial charge in [0.15, 0.2) is 0 Å². The molecule has 0 atom stereocenters. The van der Waals surface area contributed by atoms with Crippen LogP contribution in [0.1, 0.15) is 12.5 Å². The molecule has 0 fully saturated rings. The minimum absolute atomic E-state index is 1.05. The third kappa shape index (κ3) is 2.55. The SMILES string of the molecule is CCc1ccc2c(c1)c1ccccc1n2-c1ccccc1-c1ccccc1. The average Bonchev–Trinajstić information content (AvgIpc) is 3.08. The second kappa shape index (κ2) is 6.44. The maximum Gasteiger partial charge on any atom is 0.0541 e. The van der Waals surface area contributed by atoms with E-state index in [0.717, 1.165) is 6.42 Å². The molecule has 0 amide bonds. The quantitative estimate of drug-likeness (QED) is 0.331. The van der Waals surface area contributed by atoms with E-state index in [2.05, 4.69) is 109 Å². The lowest BCUT2D eigenvalue weighted by Gasteiger charge is -2.14. The Bertz CT molecular complexity index is 1250. The van der Waals surface area contributed by atoms with Gasteiger partial charge in [-0.3, -0.25) is 0 Å². The van der Waals surface area contributed by atoms with Gasteiger partial charge in [0.1, 0.15) is 0 Å². The van der Waals surface area contributed by atoms with Gasteiger partial charge in [-0.2, -0.15) is 0 Å². The Labute approximate surface area is 159 Å². The van der Waals surface area contributed by atoms with E-state index < -0.39 is 0 Å². The van der Waals surface area contributed by atoms with Crippen LogP contribution >= 0.6 is 0 Å². The van der Waals surface area contributed by atoms with Crippen molar-refractivity contribution in [3.63, 3.8) is 0 Å². The van der Waals surface area contributed by atoms with E-state index in [-0.39, 0.29) is 0 Å². The van der Waals surface area contributed by atoms with Crippen molar-refractivity contribution in [2.75, 3.05) is 0 Å². The molecule has 4 aromatic carbocycles. The highest BCUT2D eigenvalue weighted by Crippen LogP contribution is 2.36. The highest BCUT2D eigenvalue weighted by atomic mass is 15.0. The Hall–Kier alpha value is -3.32. The molecule has 0 aliphatic heterocycles. The van der Waals surface area contributed by atoms with E-state index in [1.807, 2.05) is 0 Å². The zero-order valence-electron chi connectivity index (χ0n) is 15.4. The first kappa shape index (κ1) is 15.9. The molecule has 1 heteroatoms. The summed E-state index contributed by atoms with van der Waals surface area (Å²) in [5.41, 5.74) is 7.60. The molecule has 1 nitrogen and oxygen atoms in total. The van der Waals surface area contributed by atoms with Crippen LogP contribution in [0.5, 0.6) is 0 Å². The summed E-state index contributed by atoms with van der Waals surface area (Å²) in [5.74, 6) is 0. The molecule has 5 rings (SSSR count). The number of hydrogen-bond acceptors (Lipinski definition) is 0. The second-order valence-electron chi connectivity index (χ2n) is 6.94. The van der Waals surface area contributed by atoms with Crippen LogP contribution in [-0.2, 0) is 6.42 Å². The summed E-state index contributed by atoms with van der Waals surface area (Å²) in [6.45, 7) is 2.21. The van der Waals surface area contributed by atoms with Crippen LogP contribution in [0.2, 0.25) is 0 Å². The molecule has 130 valence electrons. The summed E-state index contributed by atoms with van der Waals surface area (Å²) in [4.78, 5) is 0. The minimum Gasteiger partial charge on any atom is -0.309 e. The number of nitrogens with zero attached hydrogens (tertiary/aromatic N) is 1. The molecule has 0 aliphatic rings. The zero-order valence-corrected chi connectivity index (χ0v) is 15.4. The second-order valence-corrected chi connectivity index (χ2v) is 6.94. The summed E-state index contributed by atoms with van der Waals surface area (Å²) in [6.07, 6.45) is 1.05. The molecule has 1 aromatic heterocycles. The van der Waals surface area contributed by atoms with Crippen LogP contribution in [0.15, 0.2) is 97.1 Å². The van der Waals surface area contributed by atoms with E-state index in [4.69, 9.17) is 0 Å². The number of para-hydroxylation sites is 2. The third-order valence-electron chi connectivity index (χ3n) is 5.37. The monoisotopic (exact) mass is 347 g/mol. The van der Waals surface area contributed by atoms with E-state index in [9.17, 15) is 0 Å². The Balaban J connectivity index is 1.89. The lowest BCUT2D eigenvalue weighted by atomic mass is 10.0. The molecule has 0 bridgehead atoms. The first-order valence-electron chi connectivity index (χ1n) is 9.53. The molecular weight excluding hydrogens is 326 g/mol. The van der Waals surface area contributed by atoms with E-state index in [1.54, 1.807) is 0 Å². The minimum atomic E-state index is 1.05. The Morgan fingerprint density at radius 3 is 2.19 bits per heavy atom. The van der Waals surface area contributed by atoms with Gasteiger partial charge in [-0.25, -0.2) is 0 Å². The average molecular weight is 347 g/mol. The zero-order chi connectivity index (χ0) is 18.2.